The van der Waals surface area contributed by atoms with E-state index in [2.05, 4.69) is 4.98 Å². The van der Waals surface area contributed by atoms with Crippen LogP contribution in [-0.2, 0) is 0 Å². The van der Waals surface area contributed by atoms with Crippen LogP contribution in [0.3, 0.4) is 0 Å². The molecule has 0 saturated carbocycles. The van der Waals surface area contributed by atoms with Crippen molar-refractivity contribution in [2.45, 2.75) is 6.10 Å². The minimum Gasteiger partial charge on any atom is -0.471 e. The van der Waals surface area contributed by atoms with Crippen LogP contribution in [0.1, 0.15) is 10.4 Å². The van der Waals surface area contributed by atoms with E-state index in [1.807, 2.05) is 18.2 Å². The van der Waals surface area contributed by atoms with Crippen LogP contribution in [-0.4, -0.2) is 35.0 Å². The third-order valence-electron chi connectivity index (χ3n) is 3.15. The predicted octanol–water partition coefficient (Wildman–Crippen LogP) is 2.64. The third kappa shape index (κ3) is 2.75. The Kier molecular flexibility index (Phi) is 3.56. The van der Waals surface area contributed by atoms with Crippen LogP contribution in [0.15, 0.2) is 48.7 Å². The number of halogens is 1. The first-order valence-electron chi connectivity index (χ1n) is 6.35. The number of ether oxygens (including phenoxy) is 1. The van der Waals surface area contributed by atoms with Gasteiger partial charge in [0.25, 0.3) is 5.91 Å². The van der Waals surface area contributed by atoms with Gasteiger partial charge in [0.05, 0.1) is 13.1 Å². The summed E-state index contributed by atoms with van der Waals surface area (Å²) in [6.07, 6.45) is 1.70. The molecule has 1 aliphatic rings. The Labute approximate surface area is 122 Å². The van der Waals surface area contributed by atoms with Gasteiger partial charge in [0.2, 0.25) is 5.88 Å². The van der Waals surface area contributed by atoms with Crippen molar-refractivity contribution in [2.75, 3.05) is 13.1 Å². The number of aromatic nitrogens is 1. The Balaban J connectivity index is 1.55. The van der Waals surface area contributed by atoms with Crippen molar-refractivity contribution < 1.29 is 9.53 Å². The molecule has 3 rings (SSSR count). The second-order valence-corrected chi connectivity index (χ2v) is 5.06. The fraction of sp³-hybridized carbons (Fsp3) is 0.200. The van der Waals surface area contributed by atoms with E-state index >= 15 is 0 Å². The molecule has 102 valence electrons. The molecule has 1 saturated heterocycles. The van der Waals surface area contributed by atoms with E-state index in [4.69, 9.17) is 16.3 Å². The van der Waals surface area contributed by atoms with Crippen LogP contribution in [0.4, 0.5) is 0 Å². The lowest BCUT2D eigenvalue weighted by molar-refractivity contribution is 0.0160. The predicted molar refractivity (Wildman–Crippen MR) is 76.0 cm³/mol. The summed E-state index contributed by atoms with van der Waals surface area (Å²) in [6.45, 7) is 1.16. The number of benzene rings is 1. The van der Waals surface area contributed by atoms with Crippen LogP contribution >= 0.6 is 11.6 Å². The lowest BCUT2D eigenvalue weighted by Crippen LogP contribution is -2.56. The van der Waals surface area contributed by atoms with Crippen molar-refractivity contribution in [2.24, 2.45) is 0 Å². The molecule has 0 atom stereocenters. The molecule has 1 aromatic carbocycles. The average Bonchev–Trinajstić information content (AvgIpc) is 2.44. The molecule has 0 N–H and O–H groups in total. The van der Waals surface area contributed by atoms with Gasteiger partial charge in [0.15, 0.2) is 0 Å². The highest BCUT2D eigenvalue weighted by Crippen LogP contribution is 2.19. The zero-order chi connectivity index (χ0) is 13.9. The number of hydrogen-bond donors (Lipinski definition) is 0. The Morgan fingerprint density at radius 1 is 1.20 bits per heavy atom. The van der Waals surface area contributed by atoms with E-state index in [0.29, 0.717) is 29.6 Å². The van der Waals surface area contributed by atoms with Crippen LogP contribution in [0.5, 0.6) is 5.88 Å². The molecule has 4 nitrogen and oxygen atoms in total. The molecule has 1 amide bonds. The molecule has 2 aromatic rings. The van der Waals surface area contributed by atoms with Crippen LogP contribution in [0.2, 0.25) is 5.02 Å². The number of amides is 1. The van der Waals surface area contributed by atoms with Gasteiger partial charge in [-0.25, -0.2) is 4.98 Å². The van der Waals surface area contributed by atoms with Gasteiger partial charge in [0.1, 0.15) is 6.10 Å². The van der Waals surface area contributed by atoms with E-state index in [-0.39, 0.29) is 12.0 Å². The third-order valence-corrected chi connectivity index (χ3v) is 3.40. The van der Waals surface area contributed by atoms with Gasteiger partial charge in [-0.3, -0.25) is 4.79 Å². The Morgan fingerprint density at radius 3 is 2.60 bits per heavy atom. The smallest absolute Gasteiger partial charge is 0.254 e. The van der Waals surface area contributed by atoms with E-state index in [9.17, 15) is 4.79 Å². The highest BCUT2D eigenvalue weighted by molar-refractivity contribution is 6.30. The standard InChI is InChI=1S/C15H13ClN2O2/c16-12-6-4-11(5-7-12)15(19)18-9-13(10-18)20-14-3-1-2-8-17-14/h1-8,13H,9-10H2. The number of rotatable bonds is 3. The highest BCUT2D eigenvalue weighted by atomic mass is 35.5. The van der Waals surface area contributed by atoms with Gasteiger partial charge in [-0.2, -0.15) is 0 Å². The molecule has 0 radical (unpaired) electrons. The SMILES string of the molecule is O=C(c1ccc(Cl)cc1)N1CC(Oc2ccccn2)C1. The molecular formula is C15H13ClN2O2. The van der Waals surface area contributed by atoms with E-state index in [1.165, 1.54) is 0 Å². The molecule has 0 unspecified atom stereocenters. The average molecular weight is 289 g/mol. The summed E-state index contributed by atoms with van der Waals surface area (Å²) in [5, 5.41) is 0.626. The summed E-state index contributed by atoms with van der Waals surface area (Å²) >= 11 is 5.81. The fourth-order valence-corrected chi connectivity index (χ4v) is 2.17. The topological polar surface area (TPSA) is 42.4 Å². The maximum absolute atomic E-state index is 12.1. The maximum Gasteiger partial charge on any atom is 0.254 e. The zero-order valence-electron chi connectivity index (χ0n) is 10.7. The van der Waals surface area contributed by atoms with Crippen molar-refractivity contribution in [1.82, 2.24) is 9.88 Å². The van der Waals surface area contributed by atoms with Gasteiger partial charge in [-0.15, -0.1) is 0 Å². The summed E-state index contributed by atoms with van der Waals surface area (Å²) in [5.41, 5.74) is 0.644. The molecular weight excluding hydrogens is 276 g/mol. The van der Waals surface area contributed by atoms with Gasteiger partial charge < -0.3 is 9.64 Å². The van der Waals surface area contributed by atoms with E-state index in [0.717, 1.165) is 0 Å². The lowest BCUT2D eigenvalue weighted by atomic mass is 10.1. The molecule has 1 fully saturated rings. The van der Waals surface area contributed by atoms with Crippen molar-refractivity contribution in [3.63, 3.8) is 0 Å². The number of carbonyl (C=O) groups is 1. The lowest BCUT2D eigenvalue weighted by Gasteiger charge is -2.38. The van der Waals surface area contributed by atoms with Gasteiger partial charge in [-0.1, -0.05) is 17.7 Å². The molecule has 20 heavy (non-hydrogen) atoms. The highest BCUT2D eigenvalue weighted by Gasteiger charge is 2.32. The minimum atomic E-state index is 0.00235. The van der Waals surface area contributed by atoms with Gasteiger partial charge in [-0.05, 0) is 30.3 Å². The minimum absolute atomic E-state index is 0.00235. The van der Waals surface area contributed by atoms with Crippen molar-refractivity contribution in [1.29, 1.82) is 0 Å². The first-order chi connectivity index (χ1) is 9.72. The second-order valence-electron chi connectivity index (χ2n) is 4.62. The number of nitrogens with zero attached hydrogens (tertiary/aromatic N) is 2. The van der Waals surface area contributed by atoms with Gasteiger partial charge in [0, 0.05) is 22.8 Å². The summed E-state index contributed by atoms with van der Waals surface area (Å²) in [5.74, 6) is 0.596. The monoisotopic (exact) mass is 288 g/mol. The van der Waals surface area contributed by atoms with Gasteiger partial charge >= 0.3 is 0 Å². The molecule has 2 heterocycles. The quantitative estimate of drug-likeness (QED) is 0.872. The summed E-state index contributed by atoms with van der Waals surface area (Å²) < 4.78 is 5.66. The maximum atomic E-state index is 12.1. The number of carbonyl (C=O) groups excluding carboxylic acids is 1. The molecule has 1 aromatic heterocycles. The summed E-state index contributed by atoms with van der Waals surface area (Å²) in [7, 11) is 0. The Hall–Kier alpha value is -2.07. The zero-order valence-corrected chi connectivity index (χ0v) is 11.5. The van der Waals surface area contributed by atoms with Crippen LogP contribution in [0.25, 0.3) is 0 Å². The first kappa shape index (κ1) is 12.9. The number of pyridine rings is 1. The fourth-order valence-electron chi connectivity index (χ4n) is 2.04. The normalized spacial score (nSPS) is 14.8. The van der Waals surface area contributed by atoms with E-state index < -0.39 is 0 Å². The van der Waals surface area contributed by atoms with Crippen LogP contribution in [0, 0.1) is 0 Å². The largest absolute Gasteiger partial charge is 0.471 e. The number of hydrogen-bond acceptors (Lipinski definition) is 3. The van der Waals surface area contributed by atoms with E-state index in [1.54, 1.807) is 35.4 Å². The molecule has 1 aliphatic heterocycles. The second kappa shape index (κ2) is 5.51. The Morgan fingerprint density at radius 2 is 1.95 bits per heavy atom. The molecule has 0 bridgehead atoms. The first-order valence-corrected chi connectivity index (χ1v) is 6.73. The number of likely N-dealkylation sites (tertiary alicyclic amines) is 1. The van der Waals surface area contributed by atoms with Crippen molar-refractivity contribution in [3.05, 3.63) is 59.2 Å². The summed E-state index contributed by atoms with van der Waals surface area (Å²) in [6, 6.07) is 12.4. The summed E-state index contributed by atoms with van der Waals surface area (Å²) in [4.78, 5) is 18.0. The Bertz CT molecular complexity index is 595. The van der Waals surface area contributed by atoms with Crippen molar-refractivity contribution >= 4 is 17.5 Å². The molecule has 5 heteroatoms. The molecule has 0 aliphatic carbocycles. The van der Waals surface area contributed by atoms with Crippen LogP contribution < -0.4 is 4.74 Å². The van der Waals surface area contributed by atoms with Crippen molar-refractivity contribution in [3.8, 4) is 5.88 Å². The molecule has 0 spiro atoms.